The van der Waals surface area contributed by atoms with E-state index >= 15 is 0 Å². The average Bonchev–Trinajstić information content (AvgIpc) is 3.24. The third-order valence-electron chi connectivity index (χ3n) is 15.0. The van der Waals surface area contributed by atoms with Crippen LogP contribution in [0.4, 0.5) is 0 Å². The summed E-state index contributed by atoms with van der Waals surface area (Å²) in [5, 5.41) is 17.3. The summed E-state index contributed by atoms with van der Waals surface area (Å²) in [4.78, 5) is 21.8. The van der Waals surface area contributed by atoms with Gasteiger partial charge >= 0.3 is 70.0 Å². The van der Waals surface area contributed by atoms with E-state index in [4.69, 9.17) is 5.11 Å². The topological polar surface area (TPSA) is 57.5 Å². The Balaban J connectivity index is 0.000000195. The van der Waals surface area contributed by atoms with Crippen LogP contribution in [-0.4, -0.2) is 22.8 Å². The Morgan fingerprint density at radius 1 is 1.06 bits per heavy atom. The molecule has 0 saturated carbocycles. The molecule has 0 aromatic rings. The van der Waals surface area contributed by atoms with Gasteiger partial charge in [-0.1, -0.05) is 0 Å². The van der Waals surface area contributed by atoms with Gasteiger partial charge in [-0.05, 0) is 6.92 Å². The molecule has 10 heterocycles. The predicted molar refractivity (Wildman–Crippen MR) is 56.8 cm³/mol. The van der Waals surface area contributed by atoms with E-state index in [-0.39, 0.29) is 16.9 Å². The zero-order chi connectivity index (χ0) is 11.3. The molecule has 3 nitrogen and oxygen atoms in total. The standard InChI is InChI=1S/C6H5O2.C5H5.C2H6O.Fe/c7-6(8)5-3-1-2-4-5;1-2-4-5-3-1;1-2-3;/h1-4H,(H,7,8);1-5H;3H,2H2,1H3;. The molecule has 4 unspecified atom stereocenters. The molecule has 0 aromatic heterocycles. The Hall–Kier alpha value is -0.0505. The number of carboxylic acids is 1. The third-order valence-corrected chi connectivity index (χ3v) is 57.3. The van der Waals surface area contributed by atoms with E-state index < -0.39 is 6.51 Å². The van der Waals surface area contributed by atoms with Crippen molar-refractivity contribution in [2.75, 3.05) is 6.61 Å². The number of hydrogen-bond donors (Lipinski definition) is 2. The molecule has 10 aliphatic rings. The summed E-state index contributed by atoms with van der Waals surface area (Å²) in [6.07, 6.45) is 0. The Bertz CT molecular complexity index is 866. The monoisotopic (exact) mass is 276 g/mol. The van der Waals surface area contributed by atoms with E-state index in [1.165, 1.54) is 33.7 Å². The number of aliphatic hydroxyl groups is 1. The maximum absolute atomic E-state index is 11.8. The van der Waals surface area contributed by atoms with Crippen LogP contribution in [0.25, 0.3) is 0 Å². The molecule has 0 bridgehead atoms. The third kappa shape index (κ3) is 0.0647. The second kappa shape index (κ2) is 0.531. The summed E-state index contributed by atoms with van der Waals surface area (Å²) in [5.41, 5.74) is 0. The van der Waals surface area contributed by atoms with Gasteiger partial charge in [-0.25, -0.2) is 0 Å². The molecule has 94 valence electrons. The molecule has 10 saturated heterocycles. The van der Waals surface area contributed by atoms with Crippen molar-refractivity contribution >= 4 is 5.97 Å². The van der Waals surface area contributed by atoms with Crippen molar-refractivity contribution in [1.29, 1.82) is 0 Å². The number of hydrogen-bond acceptors (Lipinski definition) is 2. The Kier molecular flexibility index (Phi) is 0.216. The van der Waals surface area contributed by atoms with Crippen LogP contribution in [0, 0.1) is 0 Å². The van der Waals surface area contributed by atoms with Gasteiger partial charge < -0.3 is 5.11 Å². The SMILES string of the molecule is CCO.O=C(O)[C]12[CH]3[CH]4[CH]5[CH]1[Fe]45321678[CH]2[CH]1[CH]6[CH]7[CH]28. The minimum absolute atomic E-state index is 0.110. The van der Waals surface area contributed by atoms with Gasteiger partial charge in [0.05, 0.1) is 0 Å². The van der Waals surface area contributed by atoms with Crippen LogP contribution < -0.4 is 0 Å². The first-order valence-electron chi connectivity index (χ1n) is 6.96. The van der Waals surface area contributed by atoms with Crippen molar-refractivity contribution in [3.05, 3.63) is 0 Å². The van der Waals surface area contributed by atoms with Crippen LogP contribution in [0.15, 0.2) is 0 Å². The summed E-state index contributed by atoms with van der Waals surface area (Å²) in [6.45, 7) is -1.26. The molecule has 17 heavy (non-hydrogen) atoms. The number of fused-ring (bicyclic) bond motifs is 10. The van der Waals surface area contributed by atoms with Gasteiger partial charge in [0.25, 0.3) is 0 Å². The first kappa shape index (κ1) is 6.93. The molecule has 0 radical (unpaired) electrons. The number of carbonyl (C=O) groups is 1. The normalized spacial score (nSPS) is 118. The van der Waals surface area contributed by atoms with Gasteiger partial charge in [0.1, 0.15) is 0 Å². The number of rotatable bonds is 1. The van der Waals surface area contributed by atoms with Gasteiger partial charge in [0.15, 0.2) is 0 Å². The van der Waals surface area contributed by atoms with E-state index in [0.717, 1.165) is 9.63 Å². The van der Waals surface area contributed by atoms with Crippen molar-refractivity contribution in [1.82, 2.24) is 0 Å². The number of carboxylic acid groups (broad SMARTS) is 1. The van der Waals surface area contributed by atoms with Crippen LogP contribution in [-0.2, 0) is 11.3 Å². The summed E-state index contributed by atoms with van der Waals surface area (Å²) < 4.78 is 0.110. The Labute approximate surface area is 88.9 Å². The zero-order valence-corrected chi connectivity index (χ0v) is 10.7. The summed E-state index contributed by atoms with van der Waals surface area (Å²) >= 11 is 0. The van der Waals surface area contributed by atoms with Crippen LogP contribution in [0.5, 0.6) is 0 Å². The van der Waals surface area contributed by atoms with Gasteiger partial charge in [0, 0.05) is 6.61 Å². The first-order valence-corrected chi connectivity index (χ1v) is 13.2. The molecule has 1 spiro atoms. The van der Waals surface area contributed by atoms with E-state index in [1.54, 1.807) is 6.92 Å². The number of aliphatic hydroxyl groups excluding tert-OH is 1. The van der Waals surface area contributed by atoms with Crippen molar-refractivity contribution < 1.29 is 21.5 Å². The van der Waals surface area contributed by atoms with Crippen molar-refractivity contribution in [2.45, 2.75) is 54.6 Å². The summed E-state index contributed by atoms with van der Waals surface area (Å²) in [5.74, 6) is -0.274. The van der Waals surface area contributed by atoms with Crippen molar-refractivity contribution in [2.24, 2.45) is 0 Å². The Morgan fingerprint density at radius 2 is 1.41 bits per heavy atom. The van der Waals surface area contributed by atoms with E-state index in [2.05, 4.69) is 0 Å². The molecule has 2 N–H and O–H groups in total. The number of aliphatic carboxylic acids is 1. The molecular weight excluding hydrogens is 260 g/mol. The molecule has 10 rings (SSSR count). The molecule has 10 aliphatic heterocycles. The predicted octanol–water partition coefficient (Wildman–Crippen LogP) is 2.83. The molecule has 4 heteroatoms. The molecule has 0 aromatic carbocycles. The fourth-order valence-corrected chi connectivity index (χ4v) is 90.3. The minimum atomic E-state index is -3.19. The van der Waals surface area contributed by atoms with Crippen LogP contribution in [0.1, 0.15) is 6.92 Å². The van der Waals surface area contributed by atoms with Gasteiger partial charge in [-0.3, -0.25) is 0 Å². The Morgan fingerprint density at radius 3 is 1.47 bits per heavy atom. The fraction of sp³-hybridized carbons (Fsp3) is 0.923. The fourth-order valence-electron chi connectivity index (χ4n) is 16.8. The average molecular weight is 276 g/mol. The summed E-state index contributed by atoms with van der Waals surface area (Å²) in [6, 6.07) is 0. The van der Waals surface area contributed by atoms with Gasteiger partial charge in [-0.15, -0.1) is 0 Å². The second-order valence-electron chi connectivity index (χ2n) is 10.3. The van der Waals surface area contributed by atoms with E-state index in [1.807, 2.05) is 0 Å². The zero-order valence-electron chi connectivity index (χ0n) is 9.56. The molecule has 0 amide bonds. The summed E-state index contributed by atoms with van der Waals surface area (Å²) in [7, 11) is 0. The van der Waals surface area contributed by atoms with Crippen molar-refractivity contribution in [3.63, 3.8) is 0 Å². The van der Waals surface area contributed by atoms with Crippen LogP contribution in [0.2, 0.25) is 47.7 Å². The van der Waals surface area contributed by atoms with E-state index in [0.29, 0.717) is 0 Å². The van der Waals surface area contributed by atoms with Gasteiger partial charge in [0.2, 0.25) is 0 Å². The van der Waals surface area contributed by atoms with Gasteiger partial charge in [-0.2, -0.15) is 0 Å². The molecule has 10 fully saturated rings. The molecule has 4 atom stereocenters. The van der Waals surface area contributed by atoms with Crippen LogP contribution in [0.3, 0.4) is 0 Å². The maximum atomic E-state index is 11.8. The first-order chi connectivity index (χ1) is 7.90. The molecule has 0 aliphatic carbocycles. The molecular formula is C13H16FeO3. The van der Waals surface area contributed by atoms with Crippen molar-refractivity contribution in [3.8, 4) is 0 Å². The second-order valence-corrected chi connectivity index (χ2v) is 33.9. The van der Waals surface area contributed by atoms with Crippen LogP contribution >= 0.6 is 0 Å². The van der Waals surface area contributed by atoms with E-state index in [9.17, 15) is 9.90 Å². The quantitative estimate of drug-likeness (QED) is 0.724.